The first kappa shape index (κ1) is 10.3. The number of pyridine rings is 1. The van der Waals surface area contributed by atoms with Crippen molar-refractivity contribution in [3.05, 3.63) is 46.6 Å². The Balaban J connectivity index is 2.65. The molecule has 0 spiro atoms. The Labute approximate surface area is 97.7 Å². The summed E-state index contributed by atoms with van der Waals surface area (Å²) >= 11 is 12.0. The van der Waals surface area contributed by atoms with Crippen LogP contribution in [0.2, 0.25) is 10.0 Å². The predicted molar refractivity (Wildman–Crippen MR) is 64.1 cm³/mol. The minimum atomic E-state index is 0.446. The van der Waals surface area contributed by atoms with Gasteiger partial charge in [0.2, 0.25) is 0 Å². The van der Waals surface area contributed by atoms with Crippen molar-refractivity contribution in [3.63, 3.8) is 0 Å². The van der Waals surface area contributed by atoms with Crippen molar-refractivity contribution in [2.75, 3.05) is 5.73 Å². The second kappa shape index (κ2) is 4.09. The third-order valence-electron chi connectivity index (χ3n) is 2.08. The molecular weight excluding hydrogens is 231 g/mol. The standard InChI is InChI=1S/C11H8Cl2N2/c12-9-5-1-3-7(10(9)13)8-4-2-6-15-11(8)14/h1-6H,(H2,14,15). The number of hydrogen-bond donors (Lipinski definition) is 1. The Bertz CT molecular complexity index is 498. The third-order valence-corrected chi connectivity index (χ3v) is 2.90. The van der Waals surface area contributed by atoms with Gasteiger partial charge in [0.25, 0.3) is 0 Å². The van der Waals surface area contributed by atoms with Gasteiger partial charge in [-0.05, 0) is 18.2 Å². The molecule has 0 fully saturated rings. The van der Waals surface area contributed by atoms with Gasteiger partial charge in [-0.3, -0.25) is 0 Å². The lowest BCUT2D eigenvalue weighted by atomic mass is 10.1. The summed E-state index contributed by atoms with van der Waals surface area (Å²) in [6.45, 7) is 0. The van der Waals surface area contributed by atoms with Crippen LogP contribution in [0.4, 0.5) is 5.82 Å². The van der Waals surface area contributed by atoms with E-state index in [0.717, 1.165) is 11.1 Å². The first-order valence-electron chi connectivity index (χ1n) is 4.35. The SMILES string of the molecule is Nc1ncccc1-c1cccc(Cl)c1Cl. The van der Waals surface area contributed by atoms with Crippen molar-refractivity contribution in [1.82, 2.24) is 4.98 Å². The molecule has 0 aliphatic carbocycles. The first-order chi connectivity index (χ1) is 7.20. The molecule has 4 heteroatoms. The van der Waals surface area contributed by atoms with E-state index in [9.17, 15) is 0 Å². The van der Waals surface area contributed by atoms with E-state index < -0.39 is 0 Å². The Hall–Kier alpha value is -1.25. The maximum atomic E-state index is 6.08. The molecule has 0 saturated carbocycles. The second-order valence-corrected chi connectivity index (χ2v) is 3.82. The Morgan fingerprint density at radius 2 is 1.73 bits per heavy atom. The highest BCUT2D eigenvalue weighted by atomic mass is 35.5. The summed E-state index contributed by atoms with van der Waals surface area (Å²) in [6.07, 6.45) is 1.64. The molecule has 1 aromatic carbocycles. The number of nitrogens with zero attached hydrogens (tertiary/aromatic N) is 1. The minimum absolute atomic E-state index is 0.446. The third kappa shape index (κ3) is 1.91. The van der Waals surface area contributed by atoms with E-state index in [1.165, 1.54) is 0 Å². The molecule has 2 aromatic rings. The van der Waals surface area contributed by atoms with Crippen LogP contribution in [0.3, 0.4) is 0 Å². The van der Waals surface area contributed by atoms with Gasteiger partial charge >= 0.3 is 0 Å². The van der Waals surface area contributed by atoms with Gasteiger partial charge in [0.05, 0.1) is 10.0 Å². The van der Waals surface area contributed by atoms with E-state index in [4.69, 9.17) is 28.9 Å². The second-order valence-electron chi connectivity index (χ2n) is 3.04. The number of nitrogen functional groups attached to an aromatic ring is 1. The maximum absolute atomic E-state index is 6.08. The Kier molecular flexibility index (Phi) is 2.80. The molecular formula is C11H8Cl2N2. The van der Waals surface area contributed by atoms with Crippen molar-refractivity contribution < 1.29 is 0 Å². The molecule has 15 heavy (non-hydrogen) atoms. The van der Waals surface area contributed by atoms with E-state index >= 15 is 0 Å². The van der Waals surface area contributed by atoms with Gasteiger partial charge in [0, 0.05) is 17.3 Å². The van der Waals surface area contributed by atoms with E-state index in [1.807, 2.05) is 24.3 Å². The normalized spacial score (nSPS) is 10.3. The van der Waals surface area contributed by atoms with E-state index in [0.29, 0.717) is 15.9 Å². The fraction of sp³-hybridized carbons (Fsp3) is 0. The quantitative estimate of drug-likeness (QED) is 0.825. The van der Waals surface area contributed by atoms with Crippen LogP contribution in [0.25, 0.3) is 11.1 Å². The van der Waals surface area contributed by atoms with E-state index in [2.05, 4.69) is 4.98 Å². The van der Waals surface area contributed by atoms with Crippen LogP contribution in [0, 0.1) is 0 Å². The molecule has 2 N–H and O–H groups in total. The fourth-order valence-corrected chi connectivity index (χ4v) is 1.76. The molecule has 0 unspecified atom stereocenters. The van der Waals surface area contributed by atoms with Crippen LogP contribution in [-0.4, -0.2) is 4.98 Å². The monoisotopic (exact) mass is 238 g/mol. The zero-order valence-corrected chi connectivity index (χ0v) is 9.26. The largest absolute Gasteiger partial charge is 0.383 e. The molecule has 0 radical (unpaired) electrons. The van der Waals surface area contributed by atoms with E-state index in [1.54, 1.807) is 12.3 Å². The first-order valence-corrected chi connectivity index (χ1v) is 5.10. The lowest BCUT2D eigenvalue weighted by Gasteiger charge is -2.07. The van der Waals surface area contributed by atoms with Gasteiger partial charge in [-0.15, -0.1) is 0 Å². The summed E-state index contributed by atoms with van der Waals surface area (Å²) < 4.78 is 0. The van der Waals surface area contributed by atoms with Crippen molar-refractivity contribution in [2.45, 2.75) is 0 Å². The zero-order valence-electron chi connectivity index (χ0n) is 7.74. The summed E-state index contributed by atoms with van der Waals surface area (Å²) in [4.78, 5) is 4.00. The summed E-state index contributed by atoms with van der Waals surface area (Å²) in [6, 6.07) is 9.10. The average Bonchev–Trinajstić information content (AvgIpc) is 2.23. The zero-order chi connectivity index (χ0) is 10.8. The number of halogens is 2. The number of nitrogens with two attached hydrogens (primary N) is 1. The molecule has 1 heterocycles. The number of aromatic nitrogens is 1. The van der Waals surface area contributed by atoms with Crippen molar-refractivity contribution in [1.29, 1.82) is 0 Å². The van der Waals surface area contributed by atoms with Crippen LogP contribution < -0.4 is 5.73 Å². The number of rotatable bonds is 1. The summed E-state index contributed by atoms with van der Waals surface area (Å²) in [5, 5.41) is 1.01. The van der Waals surface area contributed by atoms with Crippen LogP contribution in [0.15, 0.2) is 36.5 Å². The van der Waals surface area contributed by atoms with Crippen LogP contribution in [-0.2, 0) is 0 Å². The summed E-state index contributed by atoms with van der Waals surface area (Å²) in [7, 11) is 0. The van der Waals surface area contributed by atoms with Gasteiger partial charge < -0.3 is 5.73 Å². The lowest BCUT2D eigenvalue weighted by molar-refractivity contribution is 1.34. The highest BCUT2D eigenvalue weighted by Gasteiger charge is 2.09. The molecule has 0 aliphatic rings. The van der Waals surface area contributed by atoms with E-state index in [-0.39, 0.29) is 0 Å². The van der Waals surface area contributed by atoms with Gasteiger partial charge in [-0.25, -0.2) is 4.98 Å². The highest BCUT2D eigenvalue weighted by molar-refractivity contribution is 6.43. The minimum Gasteiger partial charge on any atom is -0.383 e. The number of hydrogen-bond acceptors (Lipinski definition) is 2. The molecule has 0 atom stereocenters. The van der Waals surface area contributed by atoms with Crippen molar-refractivity contribution in [2.24, 2.45) is 0 Å². The van der Waals surface area contributed by atoms with Crippen LogP contribution >= 0.6 is 23.2 Å². The Morgan fingerprint density at radius 1 is 1.00 bits per heavy atom. The molecule has 0 bridgehead atoms. The smallest absolute Gasteiger partial charge is 0.131 e. The predicted octanol–water partition coefficient (Wildman–Crippen LogP) is 3.64. The highest BCUT2D eigenvalue weighted by Crippen LogP contribution is 2.35. The van der Waals surface area contributed by atoms with Gasteiger partial charge in [-0.2, -0.15) is 0 Å². The van der Waals surface area contributed by atoms with Gasteiger partial charge in [-0.1, -0.05) is 35.3 Å². The molecule has 76 valence electrons. The van der Waals surface area contributed by atoms with Gasteiger partial charge in [0.15, 0.2) is 0 Å². The number of anilines is 1. The summed E-state index contributed by atoms with van der Waals surface area (Å²) in [5.74, 6) is 0.446. The van der Waals surface area contributed by atoms with Crippen molar-refractivity contribution >= 4 is 29.0 Å². The number of benzene rings is 1. The molecule has 1 aromatic heterocycles. The lowest BCUT2D eigenvalue weighted by Crippen LogP contribution is -1.93. The average molecular weight is 239 g/mol. The summed E-state index contributed by atoms with van der Waals surface area (Å²) in [5.41, 5.74) is 7.36. The Morgan fingerprint density at radius 3 is 2.47 bits per heavy atom. The molecule has 0 aliphatic heterocycles. The molecule has 2 rings (SSSR count). The molecule has 0 saturated heterocycles. The van der Waals surface area contributed by atoms with Crippen molar-refractivity contribution in [3.8, 4) is 11.1 Å². The van der Waals surface area contributed by atoms with Crippen LogP contribution in [0.5, 0.6) is 0 Å². The topological polar surface area (TPSA) is 38.9 Å². The van der Waals surface area contributed by atoms with Gasteiger partial charge in [0.1, 0.15) is 5.82 Å². The van der Waals surface area contributed by atoms with Crippen LogP contribution in [0.1, 0.15) is 0 Å². The fourth-order valence-electron chi connectivity index (χ4n) is 1.36. The maximum Gasteiger partial charge on any atom is 0.131 e. The molecule has 2 nitrogen and oxygen atoms in total. The molecule has 0 amide bonds.